The minimum Gasteiger partial charge on any atom is -0.507 e. The zero-order chi connectivity index (χ0) is 22.2. The number of methoxy groups -OCH3 is 1. The number of rotatable bonds is 8. The van der Waals surface area contributed by atoms with Gasteiger partial charge in [-0.3, -0.25) is 9.59 Å². The van der Waals surface area contributed by atoms with Crippen LogP contribution in [0.4, 0.5) is 5.69 Å². The molecule has 0 fully saturated rings. The molecule has 0 saturated heterocycles. The summed E-state index contributed by atoms with van der Waals surface area (Å²) in [5.41, 5.74) is 2.55. The van der Waals surface area contributed by atoms with Crippen LogP contribution in [0.3, 0.4) is 0 Å². The third-order valence-corrected chi connectivity index (χ3v) is 4.47. The highest BCUT2D eigenvalue weighted by atomic mass is 16.5. The summed E-state index contributed by atoms with van der Waals surface area (Å²) >= 11 is 0. The lowest BCUT2D eigenvalue weighted by molar-refractivity contribution is -0.114. The predicted octanol–water partition coefficient (Wildman–Crippen LogP) is 4.83. The fraction of sp³-hybridized carbons (Fsp3) is 0.120. The largest absolute Gasteiger partial charge is 0.507 e. The molecule has 0 aliphatic heterocycles. The summed E-state index contributed by atoms with van der Waals surface area (Å²) < 4.78 is 11.3. The van der Waals surface area contributed by atoms with E-state index in [1.54, 1.807) is 55.7 Å². The van der Waals surface area contributed by atoms with Crippen LogP contribution in [0.5, 0.6) is 17.2 Å². The second-order valence-corrected chi connectivity index (χ2v) is 6.78. The summed E-state index contributed by atoms with van der Waals surface area (Å²) in [6.07, 6.45) is 3.10. The lowest BCUT2D eigenvalue weighted by Gasteiger charge is -2.12. The maximum atomic E-state index is 12.3. The average Bonchev–Trinajstić information content (AvgIpc) is 2.77. The molecule has 2 N–H and O–H groups in total. The van der Waals surface area contributed by atoms with E-state index in [0.29, 0.717) is 17.2 Å². The molecular weight excluding hydrogens is 394 g/mol. The molecule has 6 nitrogen and oxygen atoms in total. The molecule has 3 aromatic rings. The number of carbonyl (C=O) groups excluding carboxylic acids is 2. The Hall–Kier alpha value is -4.06. The Morgan fingerprint density at radius 2 is 1.77 bits per heavy atom. The fourth-order valence-electron chi connectivity index (χ4n) is 2.96. The molecule has 0 spiro atoms. The molecule has 0 aliphatic carbocycles. The summed E-state index contributed by atoms with van der Waals surface area (Å²) in [6.45, 7) is 1.71. The van der Waals surface area contributed by atoms with E-state index in [1.807, 2.05) is 18.2 Å². The Labute approximate surface area is 180 Å². The number of carbonyl (C=O) groups is 2. The van der Waals surface area contributed by atoms with E-state index in [9.17, 15) is 14.7 Å². The van der Waals surface area contributed by atoms with Gasteiger partial charge in [0, 0.05) is 18.2 Å². The maximum Gasteiger partial charge on any atom is 0.221 e. The van der Waals surface area contributed by atoms with Gasteiger partial charge in [0.2, 0.25) is 5.91 Å². The van der Waals surface area contributed by atoms with Crippen LogP contribution < -0.4 is 14.8 Å². The van der Waals surface area contributed by atoms with E-state index >= 15 is 0 Å². The molecule has 0 bridgehead atoms. The number of phenols is 1. The van der Waals surface area contributed by atoms with Crippen molar-refractivity contribution >= 4 is 23.5 Å². The third-order valence-electron chi connectivity index (χ3n) is 4.47. The minimum absolute atomic E-state index is 0.0505. The number of anilines is 1. The predicted molar refractivity (Wildman–Crippen MR) is 120 cm³/mol. The van der Waals surface area contributed by atoms with Gasteiger partial charge in [0.1, 0.15) is 23.9 Å². The highest BCUT2D eigenvalue weighted by Gasteiger charge is 2.08. The van der Waals surface area contributed by atoms with Gasteiger partial charge in [-0.15, -0.1) is 0 Å². The van der Waals surface area contributed by atoms with Crippen molar-refractivity contribution in [3.05, 3.63) is 89.5 Å². The second-order valence-electron chi connectivity index (χ2n) is 6.78. The number of amides is 1. The molecule has 0 heterocycles. The van der Waals surface area contributed by atoms with Crippen LogP contribution in [0.15, 0.2) is 72.8 Å². The molecule has 31 heavy (non-hydrogen) atoms. The van der Waals surface area contributed by atoms with Gasteiger partial charge < -0.3 is 19.9 Å². The van der Waals surface area contributed by atoms with E-state index in [4.69, 9.17) is 9.47 Å². The monoisotopic (exact) mass is 417 g/mol. The van der Waals surface area contributed by atoms with Gasteiger partial charge in [0.25, 0.3) is 0 Å². The van der Waals surface area contributed by atoms with Crippen LogP contribution in [-0.4, -0.2) is 23.9 Å². The van der Waals surface area contributed by atoms with Crippen molar-refractivity contribution in [3.8, 4) is 17.2 Å². The highest BCUT2D eigenvalue weighted by molar-refractivity contribution is 6.08. The zero-order valence-electron chi connectivity index (χ0n) is 17.3. The summed E-state index contributed by atoms with van der Waals surface area (Å²) in [5, 5.41) is 12.5. The molecule has 3 rings (SSSR count). The van der Waals surface area contributed by atoms with E-state index < -0.39 is 0 Å². The Balaban J connectivity index is 1.71. The second kappa shape index (κ2) is 10.1. The number of ether oxygens (including phenoxy) is 2. The van der Waals surface area contributed by atoms with Crippen LogP contribution in [0.1, 0.15) is 28.4 Å². The number of hydrogen-bond acceptors (Lipinski definition) is 5. The van der Waals surface area contributed by atoms with E-state index in [1.165, 1.54) is 19.1 Å². The number of nitrogens with one attached hydrogen (secondary N) is 1. The molecule has 0 unspecified atom stereocenters. The Morgan fingerprint density at radius 3 is 2.45 bits per heavy atom. The van der Waals surface area contributed by atoms with Crippen molar-refractivity contribution in [2.45, 2.75) is 13.5 Å². The number of benzene rings is 3. The van der Waals surface area contributed by atoms with Crippen molar-refractivity contribution in [3.63, 3.8) is 0 Å². The van der Waals surface area contributed by atoms with Gasteiger partial charge in [-0.05, 0) is 60.2 Å². The maximum absolute atomic E-state index is 12.3. The van der Waals surface area contributed by atoms with Gasteiger partial charge in [-0.1, -0.05) is 24.3 Å². The summed E-state index contributed by atoms with van der Waals surface area (Å²) in [4.78, 5) is 23.4. The highest BCUT2D eigenvalue weighted by Crippen LogP contribution is 2.24. The van der Waals surface area contributed by atoms with E-state index in [-0.39, 0.29) is 29.6 Å². The van der Waals surface area contributed by atoms with Gasteiger partial charge in [0.15, 0.2) is 5.78 Å². The molecule has 158 valence electrons. The van der Waals surface area contributed by atoms with Crippen molar-refractivity contribution in [2.75, 3.05) is 12.4 Å². The molecule has 0 atom stereocenters. The molecule has 0 aliphatic rings. The van der Waals surface area contributed by atoms with Gasteiger partial charge >= 0.3 is 0 Å². The third kappa shape index (κ3) is 5.96. The summed E-state index contributed by atoms with van der Waals surface area (Å²) in [7, 11) is 1.58. The first-order valence-corrected chi connectivity index (χ1v) is 9.64. The summed E-state index contributed by atoms with van der Waals surface area (Å²) in [5.74, 6) is 0.839. The molecule has 1 amide bonds. The number of phenolic OH excluding ortho intramolecular Hbond substituents is 1. The van der Waals surface area contributed by atoms with E-state index in [2.05, 4.69) is 5.32 Å². The smallest absolute Gasteiger partial charge is 0.221 e. The molecule has 0 saturated carbocycles. The van der Waals surface area contributed by atoms with E-state index in [0.717, 1.165) is 11.1 Å². The Bertz CT molecular complexity index is 1100. The molecule has 0 radical (unpaired) electrons. The minimum atomic E-state index is -0.286. The first-order valence-electron chi connectivity index (χ1n) is 9.64. The van der Waals surface area contributed by atoms with Crippen LogP contribution >= 0.6 is 0 Å². The Morgan fingerprint density at radius 1 is 1.03 bits per heavy atom. The first-order chi connectivity index (χ1) is 15.0. The van der Waals surface area contributed by atoms with Crippen molar-refractivity contribution in [2.24, 2.45) is 0 Å². The lowest BCUT2D eigenvalue weighted by atomic mass is 10.1. The van der Waals surface area contributed by atoms with Crippen LogP contribution in [0.2, 0.25) is 0 Å². The summed E-state index contributed by atoms with van der Waals surface area (Å²) in [6, 6.07) is 19.0. The molecule has 3 aromatic carbocycles. The number of ketones is 1. The van der Waals surface area contributed by atoms with Gasteiger partial charge in [-0.25, -0.2) is 0 Å². The SMILES string of the molecule is COc1ccc(/C=C/C(=O)c2ccccc2O)cc1COc1ccc(NC(C)=O)cc1. The Kier molecular flexibility index (Phi) is 7.06. The molecular formula is C25H23NO5. The van der Waals surface area contributed by atoms with Crippen molar-refractivity contribution < 1.29 is 24.2 Å². The number of hydrogen-bond donors (Lipinski definition) is 2. The van der Waals surface area contributed by atoms with Crippen molar-refractivity contribution in [1.82, 2.24) is 0 Å². The zero-order valence-corrected chi connectivity index (χ0v) is 17.3. The molecule has 0 aromatic heterocycles. The van der Waals surface area contributed by atoms with Gasteiger partial charge in [0.05, 0.1) is 12.7 Å². The average molecular weight is 417 g/mol. The standard InChI is InChI=1S/C25H23NO5/c1-17(27)26-20-9-11-21(12-10-20)31-16-19-15-18(8-14-25(19)30-2)7-13-24(29)22-5-3-4-6-23(22)28/h3-15,28H,16H2,1-2H3,(H,26,27)/b13-7+. The quantitative estimate of drug-likeness (QED) is 0.405. The first kappa shape index (κ1) is 21.6. The topological polar surface area (TPSA) is 84.9 Å². The fourth-order valence-corrected chi connectivity index (χ4v) is 2.96. The number of allylic oxidation sites excluding steroid dienone is 1. The van der Waals surface area contributed by atoms with Crippen molar-refractivity contribution in [1.29, 1.82) is 0 Å². The number of para-hydroxylation sites is 1. The normalized spacial score (nSPS) is 10.6. The van der Waals surface area contributed by atoms with Gasteiger partial charge in [-0.2, -0.15) is 0 Å². The van der Waals surface area contributed by atoms with Crippen LogP contribution in [-0.2, 0) is 11.4 Å². The van der Waals surface area contributed by atoms with Crippen LogP contribution in [0.25, 0.3) is 6.08 Å². The number of aromatic hydroxyl groups is 1. The van der Waals surface area contributed by atoms with Crippen LogP contribution in [0, 0.1) is 0 Å². The lowest BCUT2D eigenvalue weighted by Crippen LogP contribution is -2.05. The molecule has 6 heteroatoms.